The first-order chi connectivity index (χ1) is 20.2. The molecule has 46 heavy (non-hydrogen) atoms. The molecule has 2 aromatic rings. The van der Waals surface area contributed by atoms with Crippen LogP contribution >= 0.6 is 0 Å². The van der Waals surface area contributed by atoms with Gasteiger partial charge in [0.1, 0.15) is 22.5 Å². The summed E-state index contributed by atoms with van der Waals surface area (Å²) in [6.07, 6.45) is -29.2. The topological polar surface area (TPSA) is 3.24 Å². The quantitative estimate of drug-likeness (QED) is 0.168. The summed E-state index contributed by atoms with van der Waals surface area (Å²) in [5.41, 5.74) is -21.3. The fourth-order valence-corrected chi connectivity index (χ4v) is 3.31. The van der Waals surface area contributed by atoms with Crippen molar-refractivity contribution in [2.24, 2.45) is 0 Å². The Bertz CT molecular complexity index is 1430. The molecule has 0 radical (unpaired) electrons. The summed E-state index contributed by atoms with van der Waals surface area (Å²) in [6.45, 7) is 0. The van der Waals surface area contributed by atoms with Gasteiger partial charge >= 0.3 is 36.6 Å². The van der Waals surface area contributed by atoms with Crippen molar-refractivity contribution in [3.05, 3.63) is 69.2 Å². The Hall–Kier alpha value is -3.77. The molecule has 0 spiro atoms. The molecule has 0 heterocycles. The monoisotopic (exact) mass is 729 g/mol. The Labute approximate surface area is 233 Å². The van der Waals surface area contributed by atoms with Gasteiger partial charge in [-0.25, -0.2) is 35.1 Å². The van der Waals surface area contributed by atoms with Gasteiger partial charge in [-0.3, -0.25) is 4.90 Å². The van der Waals surface area contributed by atoms with E-state index in [1.807, 2.05) is 0 Å². The van der Waals surface area contributed by atoms with Crippen molar-refractivity contribution >= 4 is 11.4 Å². The van der Waals surface area contributed by atoms with Gasteiger partial charge in [0.25, 0.3) is 0 Å². The van der Waals surface area contributed by atoms with Gasteiger partial charge in [-0.1, -0.05) is 0 Å². The van der Waals surface area contributed by atoms with Crippen LogP contribution in [0.5, 0.6) is 0 Å². The van der Waals surface area contributed by atoms with E-state index in [4.69, 9.17) is 0 Å². The first-order valence-corrected chi connectivity index (χ1v) is 10.1. The standard InChI is InChI=1S/C20F25N/c21-3-1(16(32,33)34)4(22)8(26)11(7(3)25)46(12-9(27)5(23)2(17(35,36)37)6(24)10(12)28)14(29)13(18(38,39)40)15(30,31)19(41,42)20(43,44)45/b14-13-. The predicted octanol–water partition coefficient (Wildman–Crippen LogP) is 10.6. The summed E-state index contributed by atoms with van der Waals surface area (Å²) < 4.78 is 341. The highest BCUT2D eigenvalue weighted by molar-refractivity contribution is 5.72. The third-order valence-corrected chi connectivity index (χ3v) is 5.24. The molecular formula is C20F25N. The maximum atomic E-state index is 15.2. The predicted molar refractivity (Wildman–Crippen MR) is 94.8 cm³/mol. The van der Waals surface area contributed by atoms with Crippen LogP contribution in [-0.4, -0.2) is 24.2 Å². The molecule has 0 atom stereocenters. The van der Waals surface area contributed by atoms with Crippen LogP contribution in [0.4, 0.5) is 121 Å². The fraction of sp³-hybridized carbons (Fsp3) is 0.300. The van der Waals surface area contributed by atoms with Crippen molar-refractivity contribution in [3.8, 4) is 0 Å². The van der Waals surface area contributed by atoms with Crippen molar-refractivity contribution in [1.82, 2.24) is 0 Å². The Morgan fingerprint density at radius 2 is 0.674 bits per heavy atom. The largest absolute Gasteiger partial charge is 0.460 e. The third-order valence-electron chi connectivity index (χ3n) is 5.24. The number of hydrogen-bond acceptors (Lipinski definition) is 1. The lowest BCUT2D eigenvalue weighted by Crippen LogP contribution is -2.55. The number of nitrogens with zero attached hydrogens (tertiary/aromatic N) is 1. The summed E-state index contributed by atoms with van der Waals surface area (Å²) >= 11 is 0. The molecule has 0 saturated carbocycles. The van der Waals surface area contributed by atoms with E-state index in [2.05, 4.69) is 0 Å². The molecule has 2 rings (SSSR count). The zero-order valence-corrected chi connectivity index (χ0v) is 19.9. The van der Waals surface area contributed by atoms with E-state index in [0.29, 0.717) is 0 Å². The number of anilines is 2. The molecule has 0 fully saturated rings. The second-order valence-corrected chi connectivity index (χ2v) is 8.10. The smallest absolute Gasteiger partial charge is 0.275 e. The van der Waals surface area contributed by atoms with Crippen LogP contribution in [0.2, 0.25) is 0 Å². The second kappa shape index (κ2) is 11.2. The highest BCUT2D eigenvalue weighted by Crippen LogP contribution is 2.56. The number of alkyl halides is 16. The average Bonchev–Trinajstić information content (AvgIpc) is 2.82. The molecule has 0 aliphatic heterocycles. The minimum absolute atomic E-state index is 3.03. The zero-order chi connectivity index (χ0) is 36.7. The van der Waals surface area contributed by atoms with Gasteiger partial charge < -0.3 is 0 Å². The molecule has 0 bridgehead atoms. The van der Waals surface area contributed by atoms with E-state index in [9.17, 15) is 105 Å². The maximum absolute atomic E-state index is 15.2. The second-order valence-electron chi connectivity index (χ2n) is 8.10. The van der Waals surface area contributed by atoms with Crippen molar-refractivity contribution in [2.45, 2.75) is 36.6 Å². The average molecular weight is 729 g/mol. The Kier molecular flexibility index (Phi) is 9.34. The summed E-state index contributed by atoms with van der Waals surface area (Å²) in [4.78, 5) is -3.03. The van der Waals surface area contributed by atoms with Crippen LogP contribution in [0, 0.1) is 46.5 Å². The van der Waals surface area contributed by atoms with Gasteiger partial charge in [0.15, 0.2) is 52.1 Å². The van der Waals surface area contributed by atoms with Gasteiger partial charge in [0, 0.05) is 0 Å². The summed E-state index contributed by atoms with van der Waals surface area (Å²) in [5.74, 6) is -54.6. The molecule has 0 N–H and O–H groups in total. The van der Waals surface area contributed by atoms with Crippen LogP contribution in [0.25, 0.3) is 0 Å². The third kappa shape index (κ3) is 5.92. The lowest BCUT2D eigenvalue weighted by atomic mass is 10.00. The summed E-state index contributed by atoms with van der Waals surface area (Å²) in [5, 5.41) is 0. The van der Waals surface area contributed by atoms with Crippen LogP contribution in [0.15, 0.2) is 11.5 Å². The lowest BCUT2D eigenvalue weighted by molar-refractivity contribution is -0.351. The molecule has 0 aliphatic carbocycles. The Morgan fingerprint density at radius 3 is 0.870 bits per heavy atom. The molecule has 2 aromatic carbocycles. The summed E-state index contributed by atoms with van der Waals surface area (Å²) in [7, 11) is 0. The van der Waals surface area contributed by atoms with Gasteiger partial charge in [-0.05, 0) is 0 Å². The number of hydrogen-bond donors (Lipinski definition) is 0. The molecule has 260 valence electrons. The number of rotatable bonds is 5. The van der Waals surface area contributed by atoms with Gasteiger partial charge in [0.2, 0.25) is 5.95 Å². The number of halogens is 25. The first kappa shape index (κ1) is 38.4. The van der Waals surface area contributed by atoms with E-state index in [0.717, 1.165) is 0 Å². The maximum Gasteiger partial charge on any atom is 0.460 e. The van der Waals surface area contributed by atoms with Gasteiger partial charge in [0.05, 0.1) is 0 Å². The highest BCUT2D eigenvalue weighted by atomic mass is 19.4. The molecule has 1 nitrogen and oxygen atoms in total. The van der Waals surface area contributed by atoms with E-state index in [-0.39, 0.29) is 0 Å². The van der Waals surface area contributed by atoms with Crippen LogP contribution in [0.3, 0.4) is 0 Å². The van der Waals surface area contributed by atoms with Crippen molar-refractivity contribution < 1.29 is 110 Å². The molecule has 26 heteroatoms. The number of allylic oxidation sites excluding steroid dienone is 1. The van der Waals surface area contributed by atoms with E-state index >= 15 is 4.39 Å². The van der Waals surface area contributed by atoms with Crippen molar-refractivity contribution in [2.75, 3.05) is 4.90 Å². The van der Waals surface area contributed by atoms with Crippen molar-refractivity contribution in [3.63, 3.8) is 0 Å². The number of benzene rings is 2. The fourth-order valence-electron chi connectivity index (χ4n) is 3.31. The minimum atomic E-state index is -8.28. The molecule has 0 aliphatic rings. The van der Waals surface area contributed by atoms with Crippen LogP contribution in [0.1, 0.15) is 11.1 Å². The van der Waals surface area contributed by atoms with E-state index < -0.39 is 122 Å². The molecule has 0 unspecified atom stereocenters. The zero-order valence-electron chi connectivity index (χ0n) is 19.9. The Morgan fingerprint density at radius 1 is 0.413 bits per heavy atom. The highest BCUT2D eigenvalue weighted by Gasteiger charge is 2.78. The van der Waals surface area contributed by atoms with Crippen LogP contribution < -0.4 is 4.90 Å². The van der Waals surface area contributed by atoms with Gasteiger partial charge in [-0.15, -0.1) is 0 Å². The van der Waals surface area contributed by atoms with E-state index in [1.54, 1.807) is 0 Å². The summed E-state index contributed by atoms with van der Waals surface area (Å²) in [6, 6.07) is 0. The minimum Gasteiger partial charge on any atom is -0.275 e. The van der Waals surface area contributed by atoms with E-state index in [1.165, 1.54) is 0 Å². The lowest BCUT2D eigenvalue weighted by Gasteiger charge is -2.33. The molecule has 0 amide bonds. The molecule has 0 aromatic heterocycles. The molecule has 0 saturated heterocycles. The normalized spacial score (nSPS) is 14.5. The van der Waals surface area contributed by atoms with Crippen molar-refractivity contribution in [1.29, 1.82) is 0 Å². The first-order valence-electron chi connectivity index (χ1n) is 10.1. The Balaban J connectivity index is 3.49. The van der Waals surface area contributed by atoms with Gasteiger partial charge in [-0.2, -0.15) is 74.6 Å². The van der Waals surface area contributed by atoms with Crippen LogP contribution in [-0.2, 0) is 12.4 Å². The molecular weight excluding hydrogens is 729 g/mol. The SMILES string of the molecule is F/C(=C(/C(F)(F)F)C(F)(F)C(F)(F)C(F)(F)F)N(c1c(F)c(F)c(C(F)(F)F)c(F)c1F)c1c(F)c(F)c(C(F)(F)F)c(F)c1F.